The maximum Gasteiger partial charge on any atom is 0.240 e. The van der Waals surface area contributed by atoms with Crippen LogP contribution in [0.5, 0.6) is 5.75 Å². The Labute approximate surface area is 126 Å². The lowest BCUT2D eigenvalue weighted by Gasteiger charge is -2.24. The van der Waals surface area contributed by atoms with Crippen LogP contribution < -0.4 is 15.2 Å². The van der Waals surface area contributed by atoms with Crippen molar-refractivity contribution in [3.8, 4) is 5.75 Å². The van der Waals surface area contributed by atoms with Gasteiger partial charge in [-0.15, -0.1) is 0 Å². The minimum absolute atomic E-state index is 0.155. The Balaban J connectivity index is 2.02. The molecule has 0 bridgehead atoms. The highest BCUT2D eigenvalue weighted by Gasteiger charge is 2.29. The molecule has 0 aromatic heterocycles. The fourth-order valence-electron chi connectivity index (χ4n) is 2.18. The first-order valence-electron chi connectivity index (χ1n) is 7.00. The number of ether oxygens (including phenoxy) is 1. The van der Waals surface area contributed by atoms with E-state index in [2.05, 4.69) is 9.62 Å². The minimum Gasteiger partial charge on any atom is -0.495 e. The van der Waals surface area contributed by atoms with Crippen molar-refractivity contribution in [2.75, 3.05) is 26.4 Å². The van der Waals surface area contributed by atoms with Gasteiger partial charge in [-0.05, 0) is 45.0 Å². The summed E-state index contributed by atoms with van der Waals surface area (Å²) in [6, 6.07) is 5.22. The molecule has 0 amide bonds. The van der Waals surface area contributed by atoms with Crippen molar-refractivity contribution >= 4 is 15.7 Å². The van der Waals surface area contributed by atoms with Gasteiger partial charge in [0.1, 0.15) is 5.75 Å². The summed E-state index contributed by atoms with van der Waals surface area (Å²) in [6.45, 7) is 2.39. The molecule has 7 heteroatoms. The first-order valence-corrected chi connectivity index (χ1v) is 8.48. The zero-order valence-corrected chi connectivity index (χ0v) is 13.5. The molecule has 1 aromatic carbocycles. The van der Waals surface area contributed by atoms with Gasteiger partial charge in [0.15, 0.2) is 0 Å². The highest BCUT2D eigenvalue weighted by Crippen LogP contribution is 2.27. The van der Waals surface area contributed by atoms with E-state index >= 15 is 0 Å². The van der Waals surface area contributed by atoms with Gasteiger partial charge in [-0.1, -0.05) is 0 Å². The molecule has 1 atom stereocenters. The molecule has 1 saturated carbocycles. The fourth-order valence-corrected chi connectivity index (χ4v) is 3.34. The molecule has 0 aliphatic heterocycles. The van der Waals surface area contributed by atoms with Crippen LogP contribution in [0.3, 0.4) is 0 Å². The molecule has 0 spiro atoms. The number of rotatable bonds is 7. The first-order chi connectivity index (χ1) is 9.85. The van der Waals surface area contributed by atoms with Crippen LogP contribution in [-0.4, -0.2) is 46.1 Å². The van der Waals surface area contributed by atoms with Crippen molar-refractivity contribution in [1.82, 2.24) is 9.62 Å². The summed E-state index contributed by atoms with van der Waals surface area (Å²) < 4.78 is 32.2. The number of benzene rings is 1. The van der Waals surface area contributed by atoms with Crippen LogP contribution in [0, 0.1) is 0 Å². The van der Waals surface area contributed by atoms with Crippen LogP contribution >= 0.6 is 0 Å². The highest BCUT2D eigenvalue weighted by molar-refractivity contribution is 7.89. The maximum absolute atomic E-state index is 12.3. The zero-order chi connectivity index (χ0) is 15.6. The molecular weight excluding hydrogens is 290 g/mol. The number of nitrogens with two attached hydrogens (primary N) is 1. The normalized spacial score (nSPS) is 17.0. The van der Waals surface area contributed by atoms with Crippen LogP contribution in [0.1, 0.15) is 19.8 Å². The Bertz CT molecular complexity index is 599. The summed E-state index contributed by atoms with van der Waals surface area (Å²) in [6.07, 6.45) is 2.39. The molecule has 118 valence electrons. The number of nitrogens with zero attached hydrogens (tertiary/aromatic N) is 1. The number of nitrogens with one attached hydrogen (secondary N) is 1. The van der Waals surface area contributed by atoms with Crippen LogP contribution in [0.25, 0.3) is 0 Å². The number of anilines is 1. The first kappa shape index (κ1) is 16.1. The Morgan fingerprint density at radius 2 is 2.14 bits per heavy atom. The average molecular weight is 313 g/mol. The maximum atomic E-state index is 12.3. The van der Waals surface area contributed by atoms with Gasteiger partial charge in [0.25, 0.3) is 0 Å². The van der Waals surface area contributed by atoms with E-state index in [9.17, 15) is 8.42 Å². The molecule has 0 saturated heterocycles. The standard InChI is InChI=1S/C14H23N3O3S/c1-10(17(2)11-4-5-11)9-16-21(18,19)12-6-7-14(20-3)13(15)8-12/h6-8,10-11,16H,4-5,9,15H2,1-3H3. The summed E-state index contributed by atoms with van der Waals surface area (Å²) in [5, 5.41) is 0. The molecular formula is C14H23N3O3S. The topological polar surface area (TPSA) is 84.7 Å². The van der Waals surface area contributed by atoms with E-state index in [0.717, 1.165) is 0 Å². The van der Waals surface area contributed by atoms with E-state index in [-0.39, 0.29) is 10.9 Å². The SMILES string of the molecule is COc1ccc(S(=O)(=O)NCC(C)N(C)C2CC2)cc1N. The third-order valence-corrected chi connectivity index (χ3v) is 5.32. The van der Waals surface area contributed by atoms with E-state index in [4.69, 9.17) is 10.5 Å². The number of sulfonamides is 1. The summed E-state index contributed by atoms with van der Waals surface area (Å²) >= 11 is 0. The van der Waals surface area contributed by atoms with Gasteiger partial charge < -0.3 is 10.5 Å². The largest absolute Gasteiger partial charge is 0.495 e. The monoisotopic (exact) mass is 313 g/mol. The van der Waals surface area contributed by atoms with E-state index in [0.29, 0.717) is 24.0 Å². The Morgan fingerprint density at radius 1 is 1.48 bits per heavy atom. The molecule has 6 nitrogen and oxygen atoms in total. The number of methoxy groups -OCH3 is 1. The molecule has 1 fully saturated rings. The lowest BCUT2D eigenvalue weighted by molar-refractivity contribution is 0.248. The molecule has 1 unspecified atom stereocenters. The van der Waals surface area contributed by atoms with E-state index in [1.54, 1.807) is 6.07 Å². The van der Waals surface area contributed by atoms with Crippen molar-refractivity contribution in [3.05, 3.63) is 18.2 Å². The molecule has 2 rings (SSSR count). The average Bonchev–Trinajstić information content (AvgIpc) is 3.28. The van der Waals surface area contributed by atoms with Gasteiger partial charge >= 0.3 is 0 Å². The van der Waals surface area contributed by atoms with Crippen molar-refractivity contribution in [3.63, 3.8) is 0 Å². The lowest BCUT2D eigenvalue weighted by atomic mass is 10.3. The summed E-state index contributed by atoms with van der Waals surface area (Å²) in [7, 11) is -0.0305. The van der Waals surface area contributed by atoms with Gasteiger partial charge in [-0.2, -0.15) is 0 Å². The second-order valence-corrected chi connectivity index (χ2v) is 7.27. The third kappa shape index (κ3) is 3.87. The lowest BCUT2D eigenvalue weighted by Crippen LogP contribution is -2.41. The summed E-state index contributed by atoms with van der Waals surface area (Å²) in [4.78, 5) is 2.37. The van der Waals surface area contributed by atoms with Crippen LogP contribution in [0.15, 0.2) is 23.1 Å². The van der Waals surface area contributed by atoms with Crippen molar-refractivity contribution in [1.29, 1.82) is 0 Å². The van der Waals surface area contributed by atoms with Crippen LogP contribution in [0.2, 0.25) is 0 Å². The molecule has 1 aromatic rings. The van der Waals surface area contributed by atoms with Gasteiger partial charge in [-0.25, -0.2) is 13.1 Å². The fraction of sp³-hybridized carbons (Fsp3) is 0.571. The highest BCUT2D eigenvalue weighted by atomic mass is 32.2. The summed E-state index contributed by atoms with van der Waals surface area (Å²) in [5.74, 6) is 0.468. The van der Waals surface area contributed by atoms with Crippen molar-refractivity contribution < 1.29 is 13.2 Å². The molecule has 1 aliphatic carbocycles. The predicted octanol–water partition coefficient (Wildman–Crippen LogP) is 1.04. The van der Waals surface area contributed by atoms with Crippen LogP contribution in [-0.2, 0) is 10.0 Å². The van der Waals surface area contributed by atoms with Gasteiger partial charge in [0, 0.05) is 18.6 Å². The smallest absolute Gasteiger partial charge is 0.240 e. The number of hydrogen-bond donors (Lipinski definition) is 2. The van der Waals surface area contributed by atoms with Crippen molar-refractivity contribution in [2.24, 2.45) is 0 Å². The molecule has 21 heavy (non-hydrogen) atoms. The van der Waals surface area contributed by atoms with Crippen molar-refractivity contribution in [2.45, 2.75) is 36.7 Å². The summed E-state index contributed by atoms with van der Waals surface area (Å²) in [5.41, 5.74) is 6.06. The Morgan fingerprint density at radius 3 is 2.67 bits per heavy atom. The molecule has 0 heterocycles. The second kappa shape index (κ2) is 6.21. The molecule has 3 N–H and O–H groups in total. The van der Waals surface area contributed by atoms with Gasteiger partial charge in [0.2, 0.25) is 10.0 Å². The zero-order valence-electron chi connectivity index (χ0n) is 12.7. The molecule has 1 aliphatic rings. The Hall–Kier alpha value is -1.31. The minimum atomic E-state index is -3.55. The van der Waals surface area contributed by atoms with Crippen LogP contribution in [0.4, 0.5) is 5.69 Å². The number of hydrogen-bond acceptors (Lipinski definition) is 5. The van der Waals surface area contributed by atoms with E-state index in [1.807, 2.05) is 14.0 Å². The van der Waals surface area contributed by atoms with Gasteiger partial charge in [0.05, 0.1) is 17.7 Å². The second-order valence-electron chi connectivity index (χ2n) is 5.50. The number of likely N-dealkylation sites (N-methyl/N-ethyl adjacent to an activating group) is 1. The molecule has 0 radical (unpaired) electrons. The van der Waals surface area contributed by atoms with Gasteiger partial charge in [-0.3, -0.25) is 4.90 Å². The van der Waals surface area contributed by atoms with E-state index in [1.165, 1.54) is 32.1 Å². The number of nitrogen functional groups attached to an aromatic ring is 1. The Kier molecular flexibility index (Phi) is 4.75. The third-order valence-electron chi connectivity index (χ3n) is 3.90. The predicted molar refractivity (Wildman–Crippen MR) is 82.8 cm³/mol. The quantitative estimate of drug-likeness (QED) is 0.735. The van der Waals surface area contributed by atoms with E-state index < -0.39 is 10.0 Å².